The summed E-state index contributed by atoms with van der Waals surface area (Å²) < 4.78 is 43.9. The molecule has 1 aromatic rings. The third-order valence-electron chi connectivity index (χ3n) is 5.35. The number of hydrogen-bond donors (Lipinski definition) is 1. The Morgan fingerprint density at radius 2 is 2.17 bits per heavy atom. The van der Waals surface area contributed by atoms with Crippen LogP contribution in [0.2, 0.25) is 5.02 Å². The highest BCUT2D eigenvalue weighted by molar-refractivity contribution is 6.31. The molecular weight excluding hydrogens is 347 g/mol. The van der Waals surface area contributed by atoms with Gasteiger partial charge in [0.25, 0.3) is 0 Å². The summed E-state index contributed by atoms with van der Waals surface area (Å²) in [5.41, 5.74) is -0.905. The Labute approximate surface area is 142 Å². The minimum Gasteiger partial charge on any atom is -0.465 e. The number of alkyl halides is 3. The summed E-state index contributed by atoms with van der Waals surface area (Å²) in [4.78, 5) is 12.6. The molecule has 1 N–H and O–H groups in total. The van der Waals surface area contributed by atoms with E-state index in [0.29, 0.717) is 32.5 Å². The SMILES string of the molecule is COCC12CN(C(=O)O)CC[C@]1(c1ccc(C(F)(F)F)c(Cl)c1)C2. The number of carbonyl (C=O) groups is 1. The number of amides is 1. The predicted molar refractivity (Wildman–Crippen MR) is 81.3 cm³/mol. The largest absolute Gasteiger partial charge is 0.465 e. The Kier molecular flexibility index (Phi) is 3.99. The minimum absolute atomic E-state index is 0.314. The molecule has 2 atom stereocenters. The van der Waals surface area contributed by atoms with Crippen molar-refractivity contribution in [3.8, 4) is 0 Å². The molecule has 0 bridgehead atoms. The lowest BCUT2D eigenvalue weighted by Crippen LogP contribution is -2.46. The van der Waals surface area contributed by atoms with Crippen molar-refractivity contribution < 1.29 is 27.8 Å². The number of ether oxygens (including phenoxy) is 1. The molecule has 1 saturated carbocycles. The quantitative estimate of drug-likeness (QED) is 0.882. The molecule has 0 aromatic heterocycles. The number of halogens is 4. The second-order valence-electron chi connectivity index (χ2n) is 6.62. The topological polar surface area (TPSA) is 49.8 Å². The van der Waals surface area contributed by atoms with Gasteiger partial charge in [-0.05, 0) is 30.5 Å². The number of fused-ring (bicyclic) bond motifs is 1. The second kappa shape index (κ2) is 5.52. The lowest BCUT2D eigenvalue weighted by molar-refractivity contribution is -0.137. The van der Waals surface area contributed by atoms with Gasteiger partial charge in [-0.1, -0.05) is 17.7 Å². The molecule has 1 heterocycles. The predicted octanol–water partition coefficient (Wildman–Crippen LogP) is 4.02. The number of methoxy groups -OCH3 is 1. The Hall–Kier alpha value is -1.47. The van der Waals surface area contributed by atoms with Crippen molar-refractivity contribution in [2.75, 3.05) is 26.8 Å². The van der Waals surface area contributed by atoms with Gasteiger partial charge in [0.1, 0.15) is 0 Å². The monoisotopic (exact) mass is 363 g/mol. The molecule has 0 radical (unpaired) electrons. The summed E-state index contributed by atoms with van der Waals surface area (Å²) in [7, 11) is 1.54. The molecule has 1 saturated heterocycles. The van der Waals surface area contributed by atoms with Crippen LogP contribution in [0.15, 0.2) is 18.2 Å². The van der Waals surface area contributed by atoms with Gasteiger partial charge >= 0.3 is 12.3 Å². The number of nitrogens with zero attached hydrogens (tertiary/aromatic N) is 1. The van der Waals surface area contributed by atoms with Crippen molar-refractivity contribution in [3.63, 3.8) is 0 Å². The summed E-state index contributed by atoms with van der Waals surface area (Å²) in [6, 6.07) is 3.84. The van der Waals surface area contributed by atoms with Crippen molar-refractivity contribution in [3.05, 3.63) is 34.3 Å². The van der Waals surface area contributed by atoms with Crippen molar-refractivity contribution in [2.45, 2.75) is 24.4 Å². The average Bonchev–Trinajstić information content (AvgIpc) is 3.15. The fourth-order valence-electron chi connectivity index (χ4n) is 4.13. The van der Waals surface area contributed by atoms with E-state index in [2.05, 4.69) is 0 Å². The Morgan fingerprint density at radius 1 is 1.46 bits per heavy atom. The molecule has 1 amide bonds. The maximum Gasteiger partial charge on any atom is 0.417 e. The highest BCUT2D eigenvalue weighted by Gasteiger charge is 2.70. The molecule has 1 unspecified atom stereocenters. The zero-order valence-electron chi connectivity index (χ0n) is 13.0. The van der Waals surface area contributed by atoms with E-state index in [1.54, 1.807) is 0 Å². The third kappa shape index (κ3) is 2.54. The first kappa shape index (κ1) is 17.4. The van der Waals surface area contributed by atoms with Crippen LogP contribution in [-0.4, -0.2) is 42.9 Å². The Bertz CT molecular complexity index is 681. The van der Waals surface area contributed by atoms with Crippen molar-refractivity contribution in [2.24, 2.45) is 5.41 Å². The molecule has 1 aromatic carbocycles. The van der Waals surface area contributed by atoms with Crippen molar-refractivity contribution in [1.82, 2.24) is 4.90 Å². The van der Waals surface area contributed by atoms with E-state index in [9.17, 15) is 23.1 Å². The fraction of sp³-hybridized carbons (Fsp3) is 0.562. The Balaban J connectivity index is 1.95. The van der Waals surface area contributed by atoms with Crippen LogP contribution in [0.3, 0.4) is 0 Å². The highest BCUT2D eigenvalue weighted by atomic mass is 35.5. The van der Waals surface area contributed by atoms with Crippen molar-refractivity contribution >= 4 is 17.7 Å². The van der Waals surface area contributed by atoms with E-state index in [1.165, 1.54) is 24.1 Å². The smallest absolute Gasteiger partial charge is 0.417 e. The van der Waals surface area contributed by atoms with Crippen molar-refractivity contribution in [1.29, 1.82) is 0 Å². The molecule has 2 fully saturated rings. The van der Waals surface area contributed by atoms with E-state index in [0.717, 1.165) is 11.6 Å². The molecule has 1 aliphatic carbocycles. The number of piperidine rings is 1. The number of hydrogen-bond acceptors (Lipinski definition) is 2. The van der Waals surface area contributed by atoms with E-state index in [1.807, 2.05) is 0 Å². The zero-order valence-corrected chi connectivity index (χ0v) is 13.7. The molecule has 8 heteroatoms. The minimum atomic E-state index is -4.49. The molecular formula is C16H17ClF3NO3. The molecule has 3 rings (SSSR count). The standard InChI is InChI=1S/C16H17ClF3NO3/c1-24-9-14-7-15(14,4-5-21(8-14)13(22)23)10-2-3-11(12(17)6-10)16(18,19)20/h2-3,6H,4-5,7-9H2,1H3,(H,22,23)/t14?,15-/m1/s1. The fourth-order valence-corrected chi connectivity index (χ4v) is 4.42. The Morgan fingerprint density at radius 3 is 2.71 bits per heavy atom. The summed E-state index contributed by atoms with van der Waals surface area (Å²) in [6.45, 7) is 1.02. The third-order valence-corrected chi connectivity index (χ3v) is 5.66. The van der Waals surface area contributed by atoms with Gasteiger partial charge in [0.05, 0.1) is 17.2 Å². The van der Waals surface area contributed by atoms with Gasteiger partial charge in [-0.15, -0.1) is 0 Å². The van der Waals surface area contributed by atoms with Gasteiger partial charge in [-0.25, -0.2) is 4.79 Å². The van der Waals surface area contributed by atoms with E-state index in [-0.39, 0.29) is 10.4 Å². The number of likely N-dealkylation sites (tertiary alicyclic amines) is 1. The summed E-state index contributed by atoms with van der Waals surface area (Å²) in [5.74, 6) is 0. The first-order valence-electron chi connectivity index (χ1n) is 7.49. The zero-order chi connectivity index (χ0) is 17.8. The second-order valence-corrected chi connectivity index (χ2v) is 7.03. The molecule has 4 nitrogen and oxygen atoms in total. The first-order valence-corrected chi connectivity index (χ1v) is 7.87. The molecule has 132 valence electrons. The van der Waals surface area contributed by atoms with E-state index < -0.39 is 23.2 Å². The summed E-state index contributed by atoms with van der Waals surface area (Å²) >= 11 is 5.86. The van der Waals surface area contributed by atoms with Gasteiger partial charge < -0.3 is 14.7 Å². The highest BCUT2D eigenvalue weighted by Crippen LogP contribution is 2.69. The molecule has 0 spiro atoms. The van der Waals surface area contributed by atoms with Crippen LogP contribution in [0.1, 0.15) is 24.0 Å². The summed E-state index contributed by atoms with van der Waals surface area (Å²) in [6.07, 6.45) is -4.26. The molecule has 1 aliphatic heterocycles. The lowest BCUT2D eigenvalue weighted by atomic mass is 9.80. The molecule has 24 heavy (non-hydrogen) atoms. The normalized spacial score (nSPS) is 29.3. The van der Waals surface area contributed by atoms with E-state index in [4.69, 9.17) is 16.3 Å². The van der Waals surface area contributed by atoms with Crippen LogP contribution in [-0.2, 0) is 16.3 Å². The van der Waals surface area contributed by atoms with Gasteiger partial charge in [0.2, 0.25) is 0 Å². The van der Waals surface area contributed by atoms with Crippen LogP contribution in [0.25, 0.3) is 0 Å². The number of rotatable bonds is 3. The van der Waals surface area contributed by atoms with Crippen LogP contribution in [0.5, 0.6) is 0 Å². The van der Waals surface area contributed by atoms with Gasteiger partial charge in [0, 0.05) is 31.0 Å². The average molecular weight is 364 g/mol. The van der Waals surface area contributed by atoms with E-state index >= 15 is 0 Å². The maximum atomic E-state index is 12.9. The van der Waals surface area contributed by atoms with Crippen LogP contribution >= 0.6 is 11.6 Å². The maximum absolute atomic E-state index is 12.9. The summed E-state index contributed by atoms with van der Waals surface area (Å²) in [5, 5.41) is 8.90. The van der Waals surface area contributed by atoms with Crippen LogP contribution in [0, 0.1) is 5.41 Å². The lowest BCUT2D eigenvalue weighted by Gasteiger charge is -2.36. The molecule has 2 aliphatic rings. The number of carboxylic acid groups (broad SMARTS) is 1. The van der Waals surface area contributed by atoms with Gasteiger partial charge in [0.15, 0.2) is 0 Å². The van der Waals surface area contributed by atoms with Crippen LogP contribution in [0.4, 0.5) is 18.0 Å². The van der Waals surface area contributed by atoms with Crippen LogP contribution < -0.4 is 0 Å². The van der Waals surface area contributed by atoms with Gasteiger partial charge in [-0.2, -0.15) is 13.2 Å². The first-order chi connectivity index (χ1) is 11.2. The number of benzene rings is 1. The van der Waals surface area contributed by atoms with Gasteiger partial charge in [-0.3, -0.25) is 0 Å².